The zero-order valence-electron chi connectivity index (χ0n) is 12.0. The Morgan fingerprint density at radius 3 is 2.89 bits per heavy atom. The molecule has 2 N–H and O–H groups in total. The third-order valence-electron chi connectivity index (χ3n) is 2.60. The molecule has 1 unspecified atom stereocenters. The quantitative estimate of drug-likeness (QED) is 0.691. The van der Waals surface area contributed by atoms with Crippen LogP contribution in [0, 0.1) is 0 Å². The molecule has 0 spiro atoms. The van der Waals surface area contributed by atoms with Gasteiger partial charge in [-0.1, -0.05) is 6.07 Å². The van der Waals surface area contributed by atoms with E-state index in [2.05, 4.69) is 5.32 Å². The lowest BCUT2D eigenvalue weighted by Gasteiger charge is -2.25. The third-order valence-corrected chi connectivity index (χ3v) is 3.45. The molecule has 110 valence electrons. The van der Waals surface area contributed by atoms with Crippen molar-refractivity contribution in [3.05, 3.63) is 22.4 Å². The van der Waals surface area contributed by atoms with Crippen LogP contribution in [-0.4, -0.2) is 43.1 Å². The van der Waals surface area contributed by atoms with Gasteiger partial charge in [0.05, 0.1) is 24.9 Å². The summed E-state index contributed by atoms with van der Waals surface area (Å²) in [6.45, 7) is 8.88. The molecule has 0 saturated heterocycles. The first-order chi connectivity index (χ1) is 9.03. The SMILES string of the molecule is CCOC(C)(C)CNCC(O)COCc1cccs1. The second kappa shape index (κ2) is 8.66. The number of hydrogen-bond donors (Lipinski definition) is 2. The maximum Gasteiger partial charge on any atom is 0.0897 e. The van der Waals surface area contributed by atoms with Crippen molar-refractivity contribution < 1.29 is 14.6 Å². The first-order valence-corrected chi connectivity index (χ1v) is 7.54. The average molecular weight is 287 g/mol. The molecule has 1 aromatic rings. The van der Waals surface area contributed by atoms with E-state index in [1.54, 1.807) is 11.3 Å². The van der Waals surface area contributed by atoms with Crippen molar-refractivity contribution >= 4 is 11.3 Å². The van der Waals surface area contributed by atoms with Gasteiger partial charge in [0.15, 0.2) is 0 Å². The second-order valence-corrected chi connectivity index (χ2v) is 6.10. The van der Waals surface area contributed by atoms with Gasteiger partial charge in [0.2, 0.25) is 0 Å². The molecular weight excluding hydrogens is 262 g/mol. The molecule has 5 heteroatoms. The van der Waals surface area contributed by atoms with Crippen LogP contribution in [0.5, 0.6) is 0 Å². The Labute approximate surface area is 119 Å². The minimum atomic E-state index is -0.489. The van der Waals surface area contributed by atoms with Gasteiger partial charge < -0.3 is 19.9 Å². The lowest BCUT2D eigenvalue weighted by atomic mass is 10.1. The molecular formula is C14H25NO3S. The summed E-state index contributed by atoms with van der Waals surface area (Å²) in [4.78, 5) is 1.18. The summed E-state index contributed by atoms with van der Waals surface area (Å²) in [5.74, 6) is 0. The van der Waals surface area contributed by atoms with E-state index in [0.29, 0.717) is 32.9 Å². The molecule has 1 aromatic heterocycles. The lowest BCUT2D eigenvalue weighted by Crippen LogP contribution is -2.41. The van der Waals surface area contributed by atoms with Gasteiger partial charge in [-0.2, -0.15) is 0 Å². The summed E-state index contributed by atoms with van der Waals surface area (Å²) in [7, 11) is 0. The first kappa shape index (κ1) is 16.6. The van der Waals surface area contributed by atoms with E-state index in [4.69, 9.17) is 9.47 Å². The first-order valence-electron chi connectivity index (χ1n) is 6.66. The zero-order valence-corrected chi connectivity index (χ0v) is 12.8. The Kier molecular flexibility index (Phi) is 7.56. The monoisotopic (exact) mass is 287 g/mol. The molecule has 0 bridgehead atoms. The summed E-state index contributed by atoms with van der Waals surface area (Å²) in [5, 5.41) is 15.0. The van der Waals surface area contributed by atoms with Crippen molar-refractivity contribution in [1.82, 2.24) is 5.32 Å². The van der Waals surface area contributed by atoms with Gasteiger partial charge in [0.25, 0.3) is 0 Å². The standard InChI is InChI=1S/C14H25NO3S/c1-4-18-14(2,3)11-15-8-12(16)9-17-10-13-6-5-7-19-13/h5-7,12,15-16H,4,8-11H2,1-3H3. The van der Waals surface area contributed by atoms with Crippen molar-refractivity contribution in [3.63, 3.8) is 0 Å². The minimum Gasteiger partial charge on any atom is -0.389 e. The molecule has 0 saturated carbocycles. The fourth-order valence-electron chi connectivity index (χ4n) is 1.73. The smallest absolute Gasteiger partial charge is 0.0897 e. The Morgan fingerprint density at radius 1 is 1.47 bits per heavy atom. The molecule has 1 atom stereocenters. The number of ether oxygens (including phenoxy) is 2. The van der Waals surface area contributed by atoms with Crippen LogP contribution in [0.4, 0.5) is 0 Å². The molecule has 0 aliphatic heterocycles. The normalized spacial score (nSPS) is 13.7. The van der Waals surface area contributed by atoms with Crippen LogP contribution in [0.3, 0.4) is 0 Å². The summed E-state index contributed by atoms with van der Waals surface area (Å²) < 4.78 is 11.0. The number of aliphatic hydroxyl groups excluding tert-OH is 1. The van der Waals surface area contributed by atoms with Gasteiger partial charge >= 0.3 is 0 Å². The Balaban J connectivity index is 2.06. The lowest BCUT2D eigenvalue weighted by molar-refractivity contribution is -0.0141. The molecule has 4 nitrogen and oxygen atoms in total. The van der Waals surface area contributed by atoms with Crippen molar-refractivity contribution in [3.8, 4) is 0 Å². The molecule has 0 aromatic carbocycles. The van der Waals surface area contributed by atoms with Gasteiger partial charge in [-0.25, -0.2) is 0 Å². The molecule has 0 amide bonds. The highest BCUT2D eigenvalue weighted by Gasteiger charge is 2.17. The zero-order chi connectivity index (χ0) is 14.1. The maximum absolute atomic E-state index is 9.78. The summed E-state index contributed by atoms with van der Waals surface area (Å²) in [6, 6.07) is 4.02. The van der Waals surface area contributed by atoms with E-state index >= 15 is 0 Å². The van der Waals surface area contributed by atoms with Crippen LogP contribution < -0.4 is 5.32 Å². The maximum atomic E-state index is 9.78. The van der Waals surface area contributed by atoms with Crippen LogP contribution in [0.2, 0.25) is 0 Å². The van der Waals surface area contributed by atoms with Crippen molar-refractivity contribution in [2.45, 2.75) is 39.1 Å². The summed E-state index contributed by atoms with van der Waals surface area (Å²) >= 11 is 1.66. The topological polar surface area (TPSA) is 50.7 Å². The Morgan fingerprint density at radius 2 is 2.26 bits per heavy atom. The van der Waals surface area contributed by atoms with E-state index in [1.165, 1.54) is 4.88 Å². The predicted octanol–water partition coefficient (Wildman–Crippen LogP) is 2.03. The Hall–Kier alpha value is -0.460. The van der Waals surface area contributed by atoms with Crippen LogP contribution in [-0.2, 0) is 16.1 Å². The number of nitrogens with one attached hydrogen (secondary N) is 1. The highest BCUT2D eigenvalue weighted by Crippen LogP contribution is 2.09. The van der Waals surface area contributed by atoms with Crippen LogP contribution in [0.1, 0.15) is 25.6 Å². The number of thiophene rings is 1. The fraction of sp³-hybridized carbons (Fsp3) is 0.714. The molecule has 1 heterocycles. The fourth-order valence-corrected chi connectivity index (χ4v) is 2.37. The number of hydrogen-bond acceptors (Lipinski definition) is 5. The van der Waals surface area contributed by atoms with Crippen LogP contribution in [0.15, 0.2) is 17.5 Å². The van der Waals surface area contributed by atoms with Crippen LogP contribution in [0.25, 0.3) is 0 Å². The van der Waals surface area contributed by atoms with E-state index in [0.717, 1.165) is 0 Å². The van der Waals surface area contributed by atoms with E-state index in [9.17, 15) is 5.11 Å². The molecule has 0 aliphatic rings. The Bertz CT molecular complexity index is 327. The molecule has 0 radical (unpaired) electrons. The van der Waals surface area contributed by atoms with E-state index < -0.39 is 6.10 Å². The van der Waals surface area contributed by atoms with Gasteiger partial charge in [0.1, 0.15) is 0 Å². The van der Waals surface area contributed by atoms with Crippen molar-refractivity contribution in [1.29, 1.82) is 0 Å². The number of rotatable bonds is 10. The largest absolute Gasteiger partial charge is 0.389 e. The molecule has 0 fully saturated rings. The van der Waals surface area contributed by atoms with Crippen LogP contribution >= 0.6 is 11.3 Å². The van der Waals surface area contributed by atoms with Crippen molar-refractivity contribution in [2.75, 3.05) is 26.3 Å². The van der Waals surface area contributed by atoms with Gasteiger partial charge in [-0.15, -0.1) is 11.3 Å². The molecule has 0 aliphatic carbocycles. The van der Waals surface area contributed by atoms with Gasteiger partial charge in [0, 0.05) is 24.6 Å². The molecule has 1 rings (SSSR count). The third kappa shape index (κ3) is 7.64. The van der Waals surface area contributed by atoms with Crippen molar-refractivity contribution in [2.24, 2.45) is 0 Å². The highest BCUT2D eigenvalue weighted by molar-refractivity contribution is 7.09. The second-order valence-electron chi connectivity index (χ2n) is 5.07. The molecule has 19 heavy (non-hydrogen) atoms. The highest BCUT2D eigenvalue weighted by atomic mass is 32.1. The van der Waals surface area contributed by atoms with E-state index in [1.807, 2.05) is 38.3 Å². The van der Waals surface area contributed by atoms with Gasteiger partial charge in [-0.3, -0.25) is 0 Å². The average Bonchev–Trinajstić information content (AvgIpc) is 2.81. The van der Waals surface area contributed by atoms with E-state index in [-0.39, 0.29) is 5.60 Å². The summed E-state index contributed by atoms with van der Waals surface area (Å²) in [6.07, 6.45) is -0.489. The summed E-state index contributed by atoms with van der Waals surface area (Å²) in [5.41, 5.74) is -0.202. The predicted molar refractivity (Wildman–Crippen MR) is 78.6 cm³/mol. The number of aliphatic hydroxyl groups is 1. The van der Waals surface area contributed by atoms with Gasteiger partial charge in [-0.05, 0) is 32.2 Å². The minimum absolute atomic E-state index is 0.202.